The number of nitrogens with zero attached hydrogens (tertiary/aromatic N) is 3. The second-order valence-corrected chi connectivity index (χ2v) is 18.1. The third-order valence-electron chi connectivity index (χ3n) is 11.7. The SMILES string of the molecule is O=C(N[C@@H]1CCCCC/C=C\C2CC2(C(=O)NS(=O)CCc2ccccc2)NC(=O)C2C[C@@H](Oc3nc4ccccc4nc3-c3cccs3)CN2C1=O)OC1CCCC1. The average Bonchev–Trinajstić information content (AvgIpc) is 3.74. The van der Waals surface area contributed by atoms with Gasteiger partial charge in [0.25, 0.3) is 5.91 Å². The quantitative estimate of drug-likeness (QED) is 0.159. The van der Waals surface area contributed by atoms with Crippen LogP contribution in [0, 0.1) is 5.92 Å². The Morgan fingerprint density at radius 1 is 0.915 bits per heavy atom. The van der Waals surface area contributed by atoms with Crippen molar-refractivity contribution in [2.75, 3.05) is 12.3 Å². The van der Waals surface area contributed by atoms with Crippen molar-refractivity contribution in [3.8, 4) is 16.5 Å². The smallest absolute Gasteiger partial charge is 0.408 e. The minimum atomic E-state index is -1.70. The zero-order valence-electron chi connectivity index (χ0n) is 32.9. The number of carbonyl (C=O) groups excluding carboxylic acids is 4. The molecule has 2 aromatic carbocycles. The van der Waals surface area contributed by atoms with Gasteiger partial charge in [0.1, 0.15) is 46.5 Å². The van der Waals surface area contributed by atoms with E-state index in [2.05, 4.69) is 15.4 Å². The predicted molar refractivity (Wildman–Crippen MR) is 226 cm³/mol. The number of hydrogen-bond donors (Lipinski definition) is 3. The lowest BCUT2D eigenvalue weighted by Crippen LogP contribution is -2.58. The van der Waals surface area contributed by atoms with Gasteiger partial charge >= 0.3 is 6.09 Å². The van der Waals surface area contributed by atoms with Crippen molar-refractivity contribution in [3.63, 3.8) is 0 Å². The predicted octanol–water partition coefficient (Wildman–Crippen LogP) is 6.16. The van der Waals surface area contributed by atoms with Crippen LogP contribution in [0.2, 0.25) is 0 Å². The summed E-state index contributed by atoms with van der Waals surface area (Å²) >= 11 is 1.50. The average molecular weight is 839 g/mol. The lowest BCUT2D eigenvalue weighted by molar-refractivity contribution is -0.141. The van der Waals surface area contributed by atoms with Gasteiger partial charge in [-0.05, 0) is 86.9 Å². The Hall–Kier alpha value is -5.15. The van der Waals surface area contributed by atoms with E-state index in [0.717, 1.165) is 55.4 Å². The van der Waals surface area contributed by atoms with Gasteiger partial charge in [-0.1, -0.05) is 73.5 Å². The second kappa shape index (κ2) is 18.4. The Morgan fingerprint density at radius 2 is 1.68 bits per heavy atom. The Balaban J connectivity index is 1.07. The Bertz CT molecular complexity index is 2200. The summed E-state index contributed by atoms with van der Waals surface area (Å²) in [6, 6.07) is 19.0. The molecule has 4 amide bonds. The Morgan fingerprint density at radius 3 is 2.46 bits per heavy atom. The van der Waals surface area contributed by atoms with Crippen LogP contribution in [0.4, 0.5) is 4.79 Å². The summed E-state index contributed by atoms with van der Waals surface area (Å²) in [5, 5.41) is 7.83. The minimum absolute atomic E-state index is 0.0250. The molecule has 15 heteroatoms. The molecule has 1 saturated heterocycles. The van der Waals surface area contributed by atoms with Crippen LogP contribution < -0.4 is 20.1 Å². The lowest BCUT2D eigenvalue weighted by atomic mass is 10.0. The maximum atomic E-state index is 14.7. The largest absolute Gasteiger partial charge is 0.471 e. The molecule has 8 rings (SSSR count). The molecule has 59 heavy (non-hydrogen) atoms. The van der Waals surface area contributed by atoms with Crippen LogP contribution >= 0.6 is 11.3 Å². The number of nitrogens with one attached hydrogen (secondary N) is 3. The molecule has 4 aromatic rings. The van der Waals surface area contributed by atoms with Crippen LogP contribution in [0.3, 0.4) is 0 Å². The van der Waals surface area contributed by atoms with Crippen LogP contribution in [0.5, 0.6) is 5.88 Å². The van der Waals surface area contributed by atoms with Crippen molar-refractivity contribution < 1.29 is 32.9 Å². The number of aromatic nitrogens is 2. The molecule has 3 fully saturated rings. The lowest BCUT2D eigenvalue weighted by Gasteiger charge is -2.30. The van der Waals surface area contributed by atoms with Crippen LogP contribution in [0.1, 0.15) is 76.2 Å². The number of alkyl carbamates (subject to hydrolysis) is 1. The van der Waals surface area contributed by atoms with Crippen molar-refractivity contribution in [2.24, 2.45) is 5.92 Å². The van der Waals surface area contributed by atoms with Gasteiger partial charge in [-0.25, -0.2) is 19.0 Å². The highest BCUT2D eigenvalue weighted by Gasteiger charge is 2.61. The first-order valence-electron chi connectivity index (χ1n) is 20.7. The van der Waals surface area contributed by atoms with Crippen molar-refractivity contribution in [3.05, 3.63) is 89.8 Å². The molecule has 6 atom stereocenters. The van der Waals surface area contributed by atoms with E-state index in [4.69, 9.17) is 19.4 Å². The van der Waals surface area contributed by atoms with Gasteiger partial charge in [0.15, 0.2) is 0 Å². The second-order valence-electron chi connectivity index (χ2n) is 15.9. The molecule has 4 unspecified atom stereocenters. The molecular formula is C44H50N6O7S2. The maximum Gasteiger partial charge on any atom is 0.408 e. The Labute approximate surface area is 350 Å². The molecule has 4 heterocycles. The molecule has 2 aromatic heterocycles. The van der Waals surface area contributed by atoms with Crippen LogP contribution in [0.25, 0.3) is 21.6 Å². The van der Waals surface area contributed by atoms with Gasteiger partial charge in [0.05, 0.1) is 22.5 Å². The van der Waals surface area contributed by atoms with Gasteiger partial charge in [0, 0.05) is 18.1 Å². The van der Waals surface area contributed by atoms with Crippen LogP contribution in [0.15, 0.2) is 84.3 Å². The number of para-hydroxylation sites is 2. The minimum Gasteiger partial charge on any atom is -0.471 e. The highest BCUT2D eigenvalue weighted by molar-refractivity contribution is 7.83. The van der Waals surface area contributed by atoms with E-state index in [1.165, 1.54) is 16.2 Å². The fourth-order valence-electron chi connectivity index (χ4n) is 8.40. The van der Waals surface area contributed by atoms with E-state index >= 15 is 0 Å². The monoisotopic (exact) mass is 838 g/mol. The number of aryl methyl sites for hydroxylation is 1. The molecule has 4 aliphatic rings. The molecule has 2 saturated carbocycles. The highest BCUT2D eigenvalue weighted by Crippen LogP contribution is 2.46. The Kier molecular flexibility index (Phi) is 12.7. The normalized spacial score (nSPS) is 26.1. The number of rotatable bonds is 10. The van der Waals surface area contributed by atoms with Crippen molar-refractivity contribution >= 4 is 57.2 Å². The van der Waals surface area contributed by atoms with Gasteiger partial charge in [-0.2, -0.15) is 0 Å². The summed E-state index contributed by atoms with van der Waals surface area (Å²) < 4.78 is 28.2. The summed E-state index contributed by atoms with van der Waals surface area (Å²) in [5.41, 5.74) is 1.55. The number of carbonyl (C=O) groups is 4. The van der Waals surface area contributed by atoms with E-state index < -0.39 is 58.5 Å². The van der Waals surface area contributed by atoms with Crippen molar-refractivity contribution in [2.45, 2.75) is 107 Å². The molecule has 2 aliphatic heterocycles. The molecule has 310 valence electrons. The summed E-state index contributed by atoms with van der Waals surface area (Å²) in [4.78, 5) is 68.7. The van der Waals surface area contributed by atoms with E-state index in [0.29, 0.717) is 42.4 Å². The molecule has 3 N–H and O–H groups in total. The van der Waals surface area contributed by atoms with Crippen LogP contribution in [-0.2, 0) is 36.5 Å². The summed E-state index contributed by atoms with van der Waals surface area (Å²) in [7, 11) is -1.70. The topological polar surface area (TPSA) is 169 Å². The fourth-order valence-corrected chi connectivity index (χ4v) is 10.0. The third kappa shape index (κ3) is 9.67. The molecule has 0 radical (unpaired) electrons. The first-order chi connectivity index (χ1) is 28.8. The van der Waals surface area contributed by atoms with Gasteiger partial charge in [-0.15, -0.1) is 11.3 Å². The van der Waals surface area contributed by atoms with E-state index in [1.54, 1.807) is 0 Å². The van der Waals surface area contributed by atoms with E-state index in [1.807, 2.05) is 84.3 Å². The standard InChI is InChI=1S/C44H50N6O7S2/c51-39-36-26-32(56-40-38(37-22-13-24-58-37)45-33-19-11-12-20-34(33)46-40)28-50(36)41(52)35(47-43(54)57-31-17-9-10-18-31)21-8-3-1-2-7-16-30-27-44(30,48-39)42(53)49-59(55)25-23-29-14-5-4-6-15-29/h4-7,11-16,19-20,22,24,30-32,35-36H,1-3,8-10,17-18,21,23,25-28H2,(H,47,54)(H,48,51)(H,49,53)/b16-7-/t30?,32-,35-,36?,44?,59?/m1/s1. The number of allylic oxidation sites excluding steroid dienone is 1. The zero-order chi connectivity index (χ0) is 40.8. The zero-order valence-corrected chi connectivity index (χ0v) is 34.5. The number of benzene rings is 2. The van der Waals surface area contributed by atoms with Gasteiger partial charge in [0.2, 0.25) is 17.7 Å². The summed E-state index contributed by atoms with van der Waals surface area (Å²) in [6.45, 7) is 0.0250. The van der Waals surface area contributed by atoms with Gasteiger partial charge < -0.3 is 25.0 Å². The third-order valence-corrected chi connectivity index (χ3v) is 13.6. The summed E-state index contributed by atoms with van der Waals surface area (Å²) in [6.07, 6.45) is 10.4. The number of thiophene rings is 1. The van der Waals surface area contributed by atoms with Crippen molar-refractivity contribution in [1.82, 2.24) is 30.2 Å². The first kappa shape index (κ1) is 40.6. The number of amides is 4. The fraction of sp³-hybridized carbons (Fsp3) is 0.455. The van der Waals surface area contributed by atoms with Crippen LogP contribution in [-0.4, -0.2) is 85.0 Å². The van der Waals surface area contributed by atoms with Crippen molar-refractivity contribution in [1.29, 1.82) is 0 Å². The van der Waals surface area contributed by atoms with Gasteiger partial charge in [-0.3, -0.25) is 19.1 Å². The molecule has 0 bridgehead atoms. The first-order valence-corrected chi connectivity index (χ1v) is 22.9. The van der Waals surface area contributed by atoms with E-state index in [9.17, 15) is 23.4 Å². The van der Waals surface area contributed by atoms with E-state index in [-0.39, 0.29) is 36.6 Å². The molecular weight excluding hydrogens is 789 g/mol. The number of fused-ring (bicyclic) bond motifs is 3. The molecule has 0 spiro atoms. The molecule has 2 aliphatic carbocycles. The summed E-state index contributed by atoms with van der Waals surface area (Å²) in [5.74, 6) is -1.31. The highest BCUT2D eigenvalue weighted by atomic mass is 32.2. The molecule has 13 nitrogen and oxygen atoms in total. The maximum absolute atomic E-state index is 14.7. The number of ether oxygens (including phenoxy) is 2. The number of hydrogen-bond acceptors (Lipinski definition) is 10.